The molecule has 0 aromatic rings. The molecule has 0 N–H and O–H groups in total. The SMILES string of the molecule is CCCCCCCCCCCCCCCCCCCCCCC(=O)OCC(COP(=O)([O-])OCC[N+](C)(C)C)OC(=O)CCCCCCCCC. The van der Waals surface area contributed by atoms with Crippen LogP contribution in [0.1, 0.15) is 200 Å². The maximum Gasteiger partial charge on any atom is 0.306 e. The van der Waals surface area contributed by atoms with E-state index < -0.39 is 26.5 Å². The number of ether oxygens (including phenoxy) is 2. The Hall–Kier alpha value is -0.990. The highest BCUT2D eigenvalue weighted by Gasteiger charge is 2.21. The molecule has 0 fully saturated rings. The summed E-state index contributed by atoms with van der Waals surface area (Å²) in [6, 6.07) is 0. The van der Waals surface area contributed by atoms with Crippen LogP contribution in [0, 0.1) is 0 Å². The number of nitrogens with zero attached hydrogens (tertiary/aromatic N) is 1. The van der Waals surface area contributed by atoms with Gasteiger partial charge in [0.05, 0.1) is 27.7 Å². The van der Waals surface area contributed by atoms with Gasteiger partial charge in [-0.2, -0.15) is 0 Å². The van der Waals surface area contributed by atoms with Crippen LogP contribution in [0.3, 0.4) is 0 Å². The van der Waals surface area contributed by atoms with Crippen LogP contribution in [0.5, 0.6) is 0 Å². The molecule has 0 aliphatic carbocycles. The third-order valence-electron chi connectivity index (χ3n) is 9.38. The molecule has 0 spiro atoms. The minimum atomic E-state index is -4.61. The summed E-state index contributed by atoms with van der Waals surface area (Å²) < 4.78 is 33.7. The average molecular weight is 748 g/mol. The first-order valence-electron chi connectivity index (χ1n) is 21.2. The summed E-state index contributed by atoms with van der Waals surface area (Å²) in [6.45, 7) is 4.20. The number of hydrogen-bond acceptors (Lipinski definition) is 8. The molecule has 0 aromatic heterocycles. The number of unbranched alkanes of at least 4 members (excludes halogenated alkanes) is 25. The Morgan fingerprint density at radius 1 is 0.529 bits per heavy atom. The maximum absolute atomic E-state index is 12.5. The summed E-state index contributed by atoms with van der Waals surface area (Å²) in [5.41, 5.74) is 0. The van der Waals surface area contributed by atoms with Gasteiger partial charge in [-0.3, -0.25) is 14.2 Å². The summed E-state index contributed by atoms with van der Waals surface area (Å²) in [7, 11) is 1.18. The van der Waals surface area contributed by atoms with Crippen molar-refractivity contribution in [2.24, 2.45) is 0 Å². The van der Waals surface area contributed by atoms with Crippen molar-refractivity contribution >= 4 is 19.8 Å². The van der Waals surface area contributed by atoms with Crippen molar-refractivity contribution in [1.82, 2.24) is 0 Å². The molecule has 2 unspecified atom stereocenters. The van der Waals surface area contributed by atoms with E-state index in [1.807, 2.05) is 21.1 Å². The lowest BCUT2D eigenvalue weighted by Gasteiger charge is -2.28. The van der Waals surface area contributed by atoms with Gasteiger partial charge in [0.25, 0.3) is 7.82 Å². The topological polar surface area (TPSA) is 111 Å². The molecule has 0 aliphatic heterocycles. The maximum atomic E-state index is 12.5. The van der Waals surface area contributed by atoms with E-state index in [1.165, 1.54) is 128 Å². The van der Waals surface area contributed by atoms with E-state index in [-0.39, 0.29) is 32.0 Å². The van der Waals surface area contributed by atoms with E-state index in [2.05, 4.69) is 13.8 Å². The number of phosphoric ester groups is 1. The molecule has 0 bridgehead atoms. The van der Waals surface area contributed by atoms with E-state index in [0.29, 0.717) is 17.4 Å². The molecule has 0 amide bonds. The van der Waals surface area contributed by atoms with Crippen molar-refractivity contribution in [2.75, 3.05) is 47.5 Å². The highest BCUT2D eigenvalue weighted by atomic mass is 31.2. The second kappa shape index (κ2) is 34.8. The number of carbonyl (C=O) groups excluding carboxylic acids is 2. The number of likely N-dealkylation sites (N-methyl/N-ethyl adjacent to an activating group) is 1. The third-order valence-corrected chi connectivity index (χ3v) is 10.3. The molecule has 0 aromatic carbocycles. The van der Waals surface area contributed by atoms with E-state index in [9.17, 15) is 19.0 Å². The Morgan fingerprint density at radius 2 is 0.882 bits per heavy atom. The van der Waals surface area contributed by atoms with Crippen LogP contribution >= 0.6 is 7.82 Å². The van der Waals surface area contributed by atoms with Crippen LogP contribution in [0.4, 0.5) is 0 Å². The van der Waals surface area contributed by atoms with Crippen molar-refractivity contribution in [1.29, 1.82) is 0 Å². The Kier molecular flexibility index (Phi) is 34.1. The number of carbonyl (C=O) groups is 2. The van der Waals surface area contributed by atoms with Crippen LogP contribution in [0.2, 0.25) is 0 Å². The Morgan fingerprint density at radius 3 is 1.25 bits per heavy atom. The van der Waals surface area contributed by atoms with Crippen LogP contribution in [-0.4, -0.2) is 70.0 Å². The van der Waals surface area contributed by atoms with E-state index in [0.717, 1.165) is 38.5 Å². The fourth-order valence-electron chi connectivity index (χ4n) is 6.01. The first-order valence-corrected chi connectivity index (χ1v) is 22.7. The highest BCUT2D eigenvalue weighted by Crippen LogP contribution is 2.38. The minimum absolute atomic E-state index is 0.0263. The molecular weight excluding hydrogens is 665 g/mol. The van der Waals surface area contributed by atoms with Crippen molar-refractivity contribution in [3.8, 4) is 0 Å². The standard InChI is InChI=1S/C41H82NO8P/c1-6-8-10-12-14-15-16-17-18-19-20-21-22-23-24-25-26-28-29-31-33-40(43)47-37-39(38-49-51(45,46)48-36-35-42(3,4)5)50-41(44)34-32-30-27-13-11-9-7-2/h39H,6-38H2,1-5H3. The molecule has 51 heavy (non-hydrogen) atoms. The number of quaternary nitrogens is 1. The number of phosphoric acid groups is 1. The summed E-state index contributed by atoms with van der Waals surface area (Å²) >= 11 is 0. The smallest absolute Gasteiger partial charge is 0.306 e. The molecule has 0 saturated carbocycles. The predicted octanol–water partition coefficient (Wildman–Crippen LogP) is 11.0. The lowest BCUT2D eigenvalue weighted by molar-refractivity contribution is -0.870. The zero-order valence-electron chi connectivity index (χ0n) is 34.1. The fraction of sp³-hybridized carbons (Fsp3) is 0.951. The summed E-state index contributed by atoms with van der Waals surface area (Å²) in [5, 5.41) is 0. The monoisotopic (exact) mass is 748 g/mol. The Balaban J connectivity index is 4.13. The van der Waals surface area contributed by atoms with Crippen molar-refractivity contribution in [2.45, 2.75) is 206 Å². The van der Waals surface area contributed by atoms with Gasteiger partial charge in [-0.05, 0) is 12.8 Å². The second-order valence-corrected chi connectivity index (χ2v) is 17.1. The molecule has 0 heterocycles. The Labute approximate surface area is 314 Å². The van der Waals surface area contributed by atoms with Crippen LogP contribution < -0.4 is 4.89 Å². The lowest BCUT2D eigenvalue weighted by Crippen LogP contribution is -2.37. The molecule has 0 saturated heterocycles. The number of esters is 2. The largest absolute Gasteiger partial charge is 0.756 e. The molecule has 10 heteroatoms. The van der Waals surface area contributed by atoms with E-state index in [1.54, 1.807) is 0 Å². The van der Waals surface area contributed by atoms with Gasteiger partial charge in [0, 0.05) is 12.8 Å². The van der Waals surface area contributed by atoms with Crippen molar-refractivity contribution < 1.29 is 42.1 Å². The van der Waals surface area contributed by atoms with Crippen LogP contribution in [0.25, 0.3) is 0 Å². The summed E-state index contributed by atoms with van der Waals surface area (Å²) in [5.74, 6) is -0.830. The van der Waals surface area contributed by atoms with Crippen LogP contribution in [0.15, 0.2) is 0 Å². The quantitative estimate of drug-likeness (QED) is 0.0264. The molecule has 0 rings (SSSR count). The molecule has 0 aliphatic rings. The first kappa shape index (κ1) is 50.0. The zero-order chi connectivity index (χ0) is 37.9. The predicted molar refractivity (Wildman–Crippen MR) is 208 cm³/mol. The molecule has 304 valence electrons. The fourth-order valence-corrected chi connectivity index (χ4v) is 6.74. The third kappa shape index (κ3) is 38.5. The zero-order valence-corrected chi connectivity index (χ0v) is 35.0. The second-order valence-electron chi connectivity index (χ2n) is 15.7. The van der Waals surface area contributed by atoms with Gasteiger partial charge in [0.15, 0.2) is 6.10 Å². The molecular formula is C41H82NO8P. The van der Waals surface area contributed by atoms with Crippen molar-refractivity contribution in [3.63, 3.8) is 0 Å². The molecule has 0 radical (unpaired) electrons. The van der Waals surface area contributed by atoms with Crippen LogP contribution in [-0.2, 0) is 32.7 Å². The minimum Gasteiger partial charge on any atom is -0.756 e. The van der Waals surface area contributed by atoms with Gasteiger partial charge >= 0.3 is 11.9 Å². The normalized spacial score (nSPS) is 13.6. The van der Waals surface area contributed by atoms with Gasteiger partial charge in [-0.15, -0.1) is 0 Å². The van der Waals surface area contributed by atoms with Gasteiger partial charge in [-0.1, -0.05) is 174 Å². The van der Waals surface area contributed by atoms with Gasteiger partial charge < -0.3 is 27.9 Å². The number of hydrogen-bond donors (Lipinski definition) is 0. The average Bonchev–Trinajstić information content (AvgIpc) is 3.07. The highest BCUT2D eigenvalue weighted by molar-refractivity contribution is 7.45. The van der Waals surface area contributed by atoms with Crippen molar-refractivity contribution in [3.05, 3.63) is 0 Å². The van der Waals surface area contributed by atoms with E-state index in [4.69, 9.17) is 18.5 Å². The van der Waals surface area contributed by atoms with Gasteiger partial charge in [0.2, 0.25) is 0 Å². The summed E-state index contributed by atoms with van der Waals surface area (Å²) in [4.78, 5) is 37.2. The van der Waals surface area contributed by atoms with Gasteiger partial charge in [-0.25, -0.2) is 0 Å². The first-order chi connectivity index (χ1) is 24.5. The molecule has 9 nitrogen and oxygen atoms in total. The lowest BCUT2D eigenvalue weighted by atomic mass is 10.0. The Bertz CT molecular complexity index is 850. The van der Waals surface area contributed by atoms with Gasteiger partial charge in [0.1, 0.15) is 19.8 Å². The number of rotatable bonds is 39. The molecule has 2 atom stereocenters. The van der Waals surface area contributed by atoms with E-state index >= 15 is 0 Å². The summed E-state index contributed by atoms with van der Waals surface area (Å²) in [6.07, 6.45) is 33.0.